The number of carbonyl (C=O) groups is 1. The van der Waals surface area contributed by atoms with Gasteiger partial charge in [-0.2, -0.15) is 0 Å². The first-order valence-electron chi connectivity index (χ1n) is 9.66. The van der Waals surface area contributed by atoms with Gasteiger partial charge >= 0.3 is 5.97 Å². The first-order valence-corrected chi connectivity index (χ1v) is 12.6. The standard InChI is InChI=1S/C21H36O4Si/c1-8-19(22)24-15-18(23-14-17-12-10-9-11-13-17)20(26(6)7)25-21(4,5)16(2)3/h9-13,16,18,20,26H,8,14-15H2,1-7H3/t18-,20?/m0/s1. The van der Waals surface area contributed by atoms with Crippen molar-refractivity contribution in [1.82, 2.24) is 0 Å². The van der Waals surface area contributed by atoms with Gasteiger partial charge in [0.25, 0.3) is 0 Å². The zero-order chi connectivity index (χ0) is 19.7. The highest BCUT2D eigenvalue weighted by atomic mass is 28.3. The van der Waals surface area contributed by atoms with Crippen LogP contribution < -0.4 is 0 Å². The molecule has 0 aliphatic carbocycles. The Labute approximate surface area is 160 Å². The fourth-order valence-electron chi connectivity index (χ4n) is 2.42. The second kappa shape index (κ2) is 10.9. The summed E-state index contributed by atoms with van der Waals surface area (Å²) in [5.74, 6) is 0.177. The molecule has 0 saturated heterocycles. The van der Waals surface area contributed by atoms with E-state index in [-0.39, 0.29) is 30.0 Å². The van der Waals surface area contributed by atoms with Gasteiger partial charge in [-0.05, 0) is 25.3 Å². The third-order valence-electron chi connectivity index (χ3n) is 4.86. The summed E-state index contributed by atoms with van der Waals surface area (Å²) in [6, 6.07) is 10.1. The van der Waals surface area contributed by atoms with E-state index in [0.717, 1.165) is 5.56 Å². The van der Waals surface area contributed by atoms with E-state index >= 15 is 0 Å². The first-order chi connectivity index (χ1) is 12.2. The molecule has 0 fully saturated rings. The van der Waals surface area contributed by atoms with Crippen molar-refractivity contribution in [3.63, 3.8) is 0 Å². The zero-order valence-electron chi connectivity index (χ0n) is 17.5. The number of benzene rings is 1. The molecule has 1 aromatic rings. The molecule has 0 N–H and O–H groups in total. The molecule has 0 aliphatic heterocycles. The molecule has 0 amide bonds. The Hall–Kier alpha value is -1.17. The lowest BCUT2D eigenvalue weighted by molar-refractivity contribution is -0.160. The maximum absolute atomic E-state index is 11.7. The predicted octanol–water partition coefficient (Wildman–Crippen LogP) is 4.37. The average Bonchev–Trinajstić information content (AvgIpc) is 2.60. The molecule has 5 heteroatoms. The third-order valence-corrected chi connectivity index (χ3v) is 6.74. The van der Waals surface area contributed by atoms with Gasteiger partial charge in [0.15, 0.2) is 0 Å². The van der Waals surface area contributed by atoms with Crippen LogP contribution in [0.2, 0.25) is 13.1 Å². The normalized spacial score (nSPS) is 14.5. The van der Waals surface area contributed by atoms with Crippen LogP contribution >= 0.6 is 0 Å². The van der Waals surface area contributed by atoms with Crippen LogP contribution in [0.15, 0.2) is 30.3 Å². The summed E-state index contributed by atoms with van der Waals surface area (Å²) in [7, 11) is -1.22. The second-order valence-electron chi connectivity index (χ2n) is 7.96. The highest BCUT2D eigenvalue weighted by Crippen LogP contribution is 2.26. The van der Waals surface area contributed by atoms with Crippen molar-refractivity contribution in [3.8, 4) is 0 Å². The van der Waals surface area contributed by atoms with Crippen LogP contribution in [0.4, 0.5) is 0 Å². The largest absolute Gasteiger partial charge is 0.463 e. The number of ether oxygens (including phenoxy) is 3. The van der Waals surface area contributed by atoms with Crippen LogP contribution in [-0.4, -0.2) is 38.8 Å². The second-order valence-corrected chi connectivity index (χ2v) is 11.1. The summed E-state index contributed by atoms with van der Waals surface area (Å²) < 4.78 is 18.2. The van der Waals surface area contributed by atoms with Crippen molar-refractivity contribution in [2.75, 3.05) is 6.61 Å². The number of carbonyl (C=O) groups excluding carboxylic acids is 1. The van der Waals surface area contributed by atoms with E-state index in [1.807, 2.05) is 30.3 Å². The highest BCUT2D eigenvalue weighted by molar-refractivity contribution is 6.57. The van der Waals surface area contributed by atoms with Crippen molar-refractivity contribution in [2.24, 2.45) is 5.92 Å². The Morgan fingerprint density at radius 2 is 1.77 bits per heavy atom. The monoisotopic (exact) mass is 380 g/mol. The molecule has 1 rings (SSSR count). The minimum atomic E-state index is -1.22. The summed E-state index contributed by atoms with van der Waals surface area (Å²) in [4.78, 5) is 11.7. The van der Waals surface area contributed by atoms with Crippen molar-refractivity contribution in [3.05, 3.63) is 35.9 Å². The fraction of sp³-hybridized carbons (Fsp3) is 0.667. The summed E-state index contributed by atoms with van der Waals surface area (Å²) >= 11 is 0. The number of rotatable bonds is 11. The Morgan fingerprint density at radius 3 is 2.27 bits per heavy atom. The lowest BCUT2D eigenvalue weighted by Crippen LogP contribution is -2.49. The van der Waals surface area contributed by atoms with Gasteiger partial charge in [0.1, 0.15) is 12.7 Å². The predicted molar refractivity (Wildman–Crippen MR) is 109 cm³/mol. The number of hydrogen-bond donors (Lipinski definition) is 0. The molecule has 4 nitrogen and oxygen atoms in total. The molecular formula is C21H36O4Si. The third kappa shape index (κ3) is 7.60. The molecule has 1 unspecified atom stereocenters. The van der Waals surface area contributed by atoms with E-state index in [4.69, 9.17) is 14.2 Å². The van der Waals surface area contributed by atoms with E-state index in [1.165, 1.54) is 0 Å². The van der Waals surface area contributed by atoms with Gasteiger partial charge in [-0.3, -0.25) is 4.79 Å². The lowest BCUT2D eigenvalue weighted by atomic mass is 9.95. The highest BCUT2D eigenvalue weighted by Gasteiger charge is 2.35. The van der Waals surface area contributed by atoms with Crippen molar-refractivity contribution < 1.29 is 19.0 Å². The molecule has 0 aliphatic rings. The van der Waals surface area contributed by atoms with E-state index in [9.17, 15) is 4.79 Å². The van der Waals surface area contributed by atoms with Gasteiger partial charge < -0.3 is 14.2 Å². The Balaban J connectivity index is 2.91. The minimum Gasteiger partial charge on any atom is -0.463 e. The van der Waals surface area contributed by atoms with Gasteiger partial charge in [-0.1, -0.05) is 64.2 Å². The Bertz CT molecular complexity index is 528. The van der Waals surface area contributed by atoms with Gasteiger partial charge in [-0.15, -0.1) is 0 Å². The molecule has 26 heavy (non-hydrogen) atoms. The molecule has 0 spiro atoms. The molecule has 0 saturated carbocycles. The molecule has 1 aromatic carbocycles. The quantitative estimate of drug-likeness (QED) is 0.422. The van der Waals surface area contributed by atoms with Gasteiger partial charge in [-0.25, -0.2) is 0 Å². The van der Waals surface area contributed by atoms with Crippen LogP contribution in [-0.2, 0) is 25.6 Å². The Morgan fingerprint density at radius 1 is 1.15 bits per heavy atom. The van der Waals surface area contributed by atoms with Gasteiger partial charge in [0.05, 0.1) is 26.7 Å². The maximum atomic E-state index is 11.7. The Kier molecular flexibility index (Phi) is 9.54. The zero-order valence-corrected chi connectivity index (χ0v) is 18.6. The molecule has 2 atom stereocenters. The summed E-state index contributed by atoms with van der Waals surface area (Å²) in [5.41, 5.74) is 0.817. The van der Waals surface area contributed by atoms with Gasteiger partial charge in [0.2, 0.25) is 0 Å². The molecule has 0 heterocycles. The van der Waals surface area contributed by atoms with Gasteiger partial charge in [0, 0.05) is 6.42 Å². The smallest absolute Gasteiger partial charge is 0.305 e. The summed E-state index contributed by atoms with van der Waals surface area (Å²) in [5, 5.41) is 0. The van der Waals surface area contributed by atoms with Crippen molar-refractivity contribution >= 4 is 14.8 Å². The van der Waals surface area contributed by atoms with Crippen LogP contribution in [0, 0.1) is 5.92 Å². The van der Waals surface area contributed by atoms with Crippen LogP contribution in [0.25, 0.3) is 0 Å². The van der Waals surface area contributed by atoms with Crippen molar-refractivity contribution in [2.45, 2.75) is 78.2 Å². The van der Waals surface area contributed by atoms with E-state index in [0.29, 0.717) is 18.9 Å². The molecule has 0 bridgehead atoms. The molecule has 148 valence electrons. The molecule has 0 aromatic heterocycles. The van der Waals surface area contributed by atoms with Crippen LogP contribution in [0.3, 0.4) is 0 Å². The topological polar surface area (TPSA) is 44.8 Å². The van der Waals surface area contributed by atoms with E-state index in [2.05, 4.69) is 40.8 Å². The first kappa shape index (κ1) is 22.9. The summed E-state index contributed by atoms with van der Waals surface area (Å²) in [6.45, 7) is 15.6. The maximum Gasteiger partial charge on any atom is 0.305 e. The lowest BCUT2D eigenvalue weighted by Gasteiger charge is -2.39. The fourth-order valence-corrected chi connectivity index (χ4v) is 4.12. The molecular weight excluding hydrogens is 344 g/mol. The average molecular weight is 381 g/mol. The van der Waals surface area contributed by atoms with E-state index < -0.39 is 8.80 Å². The van der Waals surface area contributed by atoms with Crippen LogP contribution in [0.5, 0.6) is 0 Å². The number of hydrogen-bond acceptors (Lipinski definition) is 4. The van der Waals surface area contributed by atoms with E-state index in [1.54, 1.807) is 6.92 Å². The van der Waals surface area contributed by atoms with Crippen molar-refractivity contribution in [1.29, 1.82) is 0 Å². The SMILES string of the molecule is CCC(=O)OC[C@H](OCc1ccccc1)C(OC(C)(C)C(C)C)[SiH](C)C. The minimum absolute atomic E-state index is 0.0271. The molecule has 0 radical (unpaired) electrons. The van der Waals surface area contributed by atoms with Crippen LogP contribution in [0.1, 0.15) is 46.6 Å². The number of esters is 1. The summed E-state index contributed by atoms with van der Waals surface area (Å²) in [6.07, 6.45) is 0.114.